The Labute approximate surface area is 154 Å². The molecule has 0 aliphatic carbocycles. The predicted octanol–water partition coefficient (Wildman–Crippen LogP) is 1.19. The molecule has 2 amide bonds. The lowest BCUT2D eigenvalue weighted by molar-refractivity contribution is -0.135. The van der Waals surface area contributed by atoms with E-state index in [1.54, 1.807) is 14.1 Å². The van der Waals surface area contributed by atoms with Crippen molar-refractivity contribution in [3.05, 3.63) is 23.8 Å². The van der Waals surface area contributed by atoms with Gasteiger partial charge < -0.3 is 19.7 Å². The summed E-state index contributed by atoms with van der Waals surface area (Å²) >= 11 is 0. The number of ether oxygens (including phenoxy) is 2. The normalized spacial score (nSPS) is 19.7. The minimum absolute atomic E-state index is 0.0464. The first-order valence-electron chi connectivity index (χ1n) is 9.16. The summed E-state index contributed by atoms with van der Waals surface area (Å²) < 4.78 is 11.5. The highest BCUT2D eigenvalue weighted by atomic mass is 16.5. The standard InChI is InChI=1S/C19H27N3O4/c1-20-18(23)12-21(2)19(24)13-22-8-3-5-15(22)14-6-7-16-17(11-14)26-10-4-9-25-16/h6-7,11,15H,3-5,8-10,12-13H2,1-2H3,(H,20,23)/t15-/m1/s1. The number of hydrogen-bond acceptors (Lipinski definition) is 5. The fourth-order valence-electron chi connectivity index (χ4n) is 3.46. The van der Waals surface area contributed by atoms with Gasteiger partial charge in [0.2, 0.25) is 11.8 Å². The average molecular weight is 361 g/mol. The van der Waals surface area contributed by atoms with Crippen molar-refractivity contribution in [2.75, 3.05) is 46.9 Å². The van der Waals surface area contributed by atoms with Crippen LogP contribution in [0.3, 0.4) is 0 Å². The van der Waals surface area contributed by atoms with Crippen molar-refractivity contribution < 1.29 is 19.1 Å². The van der Waals surface area contributed by atoms with Gasteiger partial charge in [0.25, 0.3) is 0 Å². The minimum atomic E-state index is -0.165. The van der Waals surface area contributed by atoms with Gasteiger partial charge >= 0.3 is 0 Å². The van der Waals surface area contributed by atoms with Gasteiger partial charge in [0.1, 0.15) is 0 Å². The van der Waals surface area contributed by atoms with Gasteiger partial charge in [-0.25, -0.2) is 0 Å². The van der Waals surface area contributed by atoms with E-state index in [-0.39, 0.29) is 24.4 Å². The number of likely N-dealkylation sites (N-methyl/N-ethyl adjacent to an activating group) is 2. The summed E-state index contributed by atoms with van der Waals surface area (Å²) in [7, 11) is 3.23. The van der Waals surface area contributed by atoms with Gasteiger partial charge in [0.05, 0.1) is 26.3 Å². The van der Waals surface area contributed by atoms with Crippen molar-refractivity contribution >= 4 is 11.8 Å². The minimum Gasteiger partial charge on any atom is -0.490 e. The molecular weight excluding hydrogens is 334 g/mol. The molecule has 1 aromatic rings. The Balaban J connectivity index is 1.67. The lowest BCUT2D eigenvalue weighted by Gasteiger charge is -2.27. The highest BCUT2D eigenvalue weighted by molar-refractivity contribution is 5.85. The van der Waals surface area contributed by atoms with Gasteiger partial charge in [-0.2, -0.15) is 0 Å². The van der Waals surface area contributed by atoms with Crippen LogP contribution in [0.4, 0.5) is 0 Å². The number of rotatable bonds is 5. The lowest BCUT2D eigenvalue weighted by atomic mass is 10.0. The largest absolute Gasteiger partial charge is 0.490 e. The second-order valence-electron chi connectivity index (χ2n) is 6.81. The van der Waals surface area contributed by atoms with Crippen LogP contribution in [0.15, 0.2) is 18.2 Å². The number of amides is 2. The summed E-state index contributed by atoms with van der Waals surface area (Å²) in [6.45, 7) is 2.60. The van der Waals surface area contributed by atoms with Crippen LogP contribution in [0.5, 0.6) is 11.5 Å². The average Bonchev–Trinajstić information content (AvgIpc) is 2.96. The monoisotopic (exact) mass is 361 g/mol. The topological polar surface area (TPSA) is 71.1 Å². The van der Waals surface area contributed by atoms with Gasteiger partial charge in [-0.05, 0) is 37.1 Å². The van der Waals surface area contributed by atoms with Gasteiger partial charge in [0.15, 0.2) is 11.5 Å². The Kier molecular flexibility index (Phi) is 5.98. The van der Waals surface area contributed by atoms with Gasteiger partial charge in [-0.1, -0.05) is 6.07 Å². The summed E-state index contributed by atoms with van der Waals surface area (Å²) in [5, 5.41) is 2.54. The first-order valence-corrected chi connectivity index (χ1v) is 9.16. The molecule has 7 heteroatoms. The molecule has 26 heavy (non-hydrogen) atoms. The van der Waals surface area contributed by atoms with Crippen LogP contribution >= 0.6 is 0 Å². The zero-order chi connectivity index (χ0) is 18.5. The van der Waals surface area contributed by atoms with E-state index < -0.39 is 0 Å². The number of carbonyl (C=O) groups is 2. The van der Waals surface area contributed by atoms with E-state index in [0.29, 0.717) is 19.8 Å². The van der Waals surface area contributed by atoms with Crippen molar-refractivity contribution in [3.63, 3.8) is 0 Å². The molecule has 1 atom stereocenters. The van der Waals surface area contributed by atoms with Gasteiger partial charge in [-0.3, -0.25) is 14.5 Å². The first-order chi connectivity index (χ1) is 12.6. The Morgan fingerprint density at radius 2 is 2.00 bits per heavy atom. The van der Waals surface area contributed by atoms with Crippen molar-refractivity contribution in [2.45, 2.75) is 25.3 Å². The number of nitrogens with zero attached hydrogens (tertiary/aromatic N) is 2. The van der Waals surface area contributed by atoms with E-state index in [9.17, 15) is 9.59 Å². The molecule has 1 saturated heterocycles. The van der Waals surface area contributed by atoms with Crippen LogP contribution in [-0.4, -0.2) is 68.6 Å². The molecule has 0 bridgehead atoms. The second-order valence-corrected chi connectivity index (χ2v) is 6.81. The first kappa shape index (κ1) is 18.5. The molecule has 1 N–H and O–H groups in total. The Bertz CT molecular complexity index is 664. The van der Waals surface area contributed by atoms with Crippen molar-refractivity contribution in [1.82, 2.24) is 15.1 Å². The molecule has 1 aromatic carbocycles. The van der Waals surface area contributed by atoms with Crippen LogP contribution in [0, 0.1) is 0 Å². The maximum absolute atomic E-state index is 12.5. The number of carbonyl (C=O) groups excluding carboxylic acids is 2. The highest BCUT2D eigenvalue weighted by Gasteiger charge is 2.29. The Hall–Kier alpha value is -2.28. The molecule has 2 aliphatic heterocycles. The fraction of sp³-hybridized carbons (Fsp3) is 0.579. The second kappa shape index (κ2) is 8.40. The maximum atomic E-state index is 12.5. The van der Waals surface area contributed by atoms with Crippen LogP contribution < -0.4 is 14.8 Å². The number of nitrogens with one attached hydrogen (secondary N) is 1. The molecule has 0 unspecified atom stereocenters. The van der Waals surface area contributed by atoms with E-state index in [0.717, 1.165) is 42.9 Å². The Morgan fingerprint density at radius 3 is 2.77 bits per heavy atom. The third kappa shape index (κ3) is 4.27. The van der Waals surface area contributed by atoms with Gasteiger partial charge in [-0.15, -0.1) is 0 Å². The summed E-state index contributed by atoms with van der Waals surface area (Å²) in [5.74, 6) is 1.36. The molecule has 2 aliphatic rings. The van der Waals surface area contributed by atoms with Crippen LogP contribution in [0.25, 0.3) is 0 Å². The molecule has 0 aromatic heterocycles. The van der Waals surface area contributed by atoms with Crippen LogP contribution in [0.2, 0.25) is 0 Å². The number of likely N-dealkylation sites (tertiary alicyclic amines) is 1. The van der Waals surface area contributed by atoms with Crippen molar-refractivity contribution in [3.8, 4) is 11.5 Å². The maximum Gasteiger partial charge on any atom is 0.239 e. The van der Waals surface area contributed by atoms with E-state index in [1.165, 1.54) is 4.90 Å². The molecule has 3 rings (SSSR count). The predicted molar refractivity (Wildman–Crippen MR) is 97.3 cm³/mol. The molecule has 0 spiro atoms. The van der Waals surface area contributed by atoms with E-state index in [1.807, 2.05) is 12.1 Å². The van der Waals surface area contributed by atoms with Crippen molar-refractivity contribution in [1.29, 1.82) is 0 Å². The van der Waals surface area contributed by atoms with E-state index >= 15 is 0 Å². The fourth-order valence-corrected chi connectivity index (χ4v) is 3.46. The molecular formula is C19H27N3O4. The summed E-state index contributed by atoms with van der Waals surface area (Å²) in [5.41, 5.74) is 1.15. The zero-order valence-corrected chi connectivity index (χ0v) is 15.5. The smallest absolute Gasteiger partial charge is 0.239 e. The Morgan fingerprint density at radius 1 is 1.23 bits per heavy atom. The van der Waals surface area contributed by atoms with Gasteiger partial charge in [0, 0.05) is 26.6 Å². The molecule has 1 fully saturated rings. The molecule has 2 heterocycles. The number of hydrogen-bond donors (Lipinski definition) is 1. The highest BCUT2D eigenvalue weighted by Crippen LogP contribution is 2.37. The van der Waals surface area contributed by atoms with E-state index in [4.69, 9.17) is 9.47 Å². The van der Waals surface area contributed by atoms with E-state index in [2.05, 4.69) is 16.3 Å². The third-order valence-corrected chi connectivity index (χ3v) is 4.94. The molecule has 0 radical (unpaired) electrons. The summed E-state index contributed by atoms with van der Waals surface area (Å²) in [4.78, 5) is 27.6. The number of fused-ring (bicyclic) bond motifs is 1. The third-order valence-electron chi connectivity index (χ3n) is 4.94. The lowest BCUT2D eigenvalue weighted by Crippen LogP contribution is -2.42. The summed E-state index contributed by atoms with van der Waals surface area (Å²) in [6.07, 6.45) is 2.93. The van der Waals surface area contributed by atoms with Crippen LogP contribution in [0.1, 0.15) is 30.9 Å². The molecule has 7 nitrogen and oxygen atoms in total. The molecule has 0 saturated carbocycles. The van der Waals surface area contributed by atoms with Crippen LogP contribution in [-0.2, 0) is 9.59 Å². The molecule has 142 valence electrons. The zero-order valence-electron chi connectivity index (χ0n) is 15.5. The SMILES string of the molecule is CNC(=O)CN(C)C(=O)CN1CCC[C@@H]1c1ccc2c(c1)OCCCO2. The number of benzene rings is 1. The summed E-state index contributed by atoms with van der Waals surface area (Å²) in [6, 6.07) is 6.26. The quantitative estimate of drug-likeness (QED) is 0.853. The van der Waals surface area contributed by atoms with Crippen molar-refractivity contribution in [2.24, 2.45) is 0 Å².